The summed E-state index contributed by atoms with van der Waals surface area (Å²) in [4.78, 5) is 0. The molecule has 4 heteroatoms. The SMILES string of the molecule is CCc1c(F)c(C)cc(C=N)c1NCC(C)(C)O. The number of aryl methyl sites for hydroxylation is 1. The molecule has 0 bridgehead atoms. The fourth-order valence-electron chi connectivity index (χ4n) is 1.85. The molecule has 1 aromatic carbocycles. The van der Waals surface area contributed by atoms with Gasteiger partial charge in [0, 0.05) is 29.6 Å². The molecule has 0 spiro atoms. The molecule has 0 unspecified atom stereocenters. The zero-order valence-corrected chi connectivity index (χ0v) is 11.4. The van der Waals surface area contributed by atoms with Gasteiger partial charge in [0.15, 0.2) is 0 Å². The highest BCUT2D eigenvalue weighted by atomic mass is 19.1. The first-order valence-corrected chi connectivity index (χ1v) is 6.09. The van der Waals surface area contributed by atoms with Crippen molar-refractivity contribution in [1.29, 1.82) is 5.41 Å². The standard InChI is InChI=1S/C14H21FN2O/c1-5-11-12(15)9(2)6-10(7-16)13(11)17-8-14(3,4)18/h6-7,16-18H,5,8H2,1-4H3. The van der Waals surface area contributed by atoms with Crippen LogP contribution in [0.3, 0.4) is 0 Å². The van der Waals surface area contributed by atoms with E-state index in [0.29, 0.717) is 35.3 Å². The summed E-state index contributed by atoms with van der Waals surface area (Å²) in [5.74, 6) is -0.235. The highest BCUT2D eigenvalue weighted by Crippen LogP contribution is 2.27. The van der Waals surface area contributed by atoms with E-state index in [1.54, 1.807) is 26.8 Å². The van der Waals surface area contributed by atoms with E-state index in [4.69, 9.17) is 5.41 Å². The number of anilines is 1. The number of hydrogen-bond acceptors (Lipinski definition) is 3. The van der Waals surface area contributed by atoms with E-state index in [1.165, 1.54) is 6.21 Å². The number of nitrogens with one attached hydrogen (secondary N) is 2. The Balaban J connectivity index is 3.22. The maximum absolute atomic E-state index is 14.0. The quantitative estimate of drug-likeness (QED) is 0.706. The molecule has 3 nitrogen and oxygen atoms in total. The smallest absolute Gasteiger partial charge is 0.131 e. The number of rotatable bonds is 5. The maximum Gasteiger partial charge on any atom is 0.131 e. The largest absolute Gasteiger partial charge is 0.389 e. The van der Waals surface area contributed by atoms with Crippen LogP contribution in [-0.2, 0) is 6.42 Å². The van der Waals surface area contributed by atoms with E-state index in [2.05, 4.69) is 5.32 Å². The first-order valence-electron chi connectivity index (χ1n) is 6.09. The molecule has 0 amide bonds. The van der Waals surface area contributed by atoms with Gasteiger partial charge in [0.25, 0.3) is 0 Å². The zero-order valence-electron chi connectivity index (χ0n) is 11.4. The first-order chi connectivity index (χ1) is 8.30. The molecular weight excluding hydrogens is 231 g/mol. The van der Waals surface area contributed by atoms with Gasteiger partial charge in [-0.05, 0) is 38.8 Å². The Hall–Kier alpha value is -1.42. The first kappa shape index (κ1) is 14.6. The lowest BCUT2D eigenvalue weighted by molar-refractivity contribution is 0.0945. The molecule has 18 heavy (non-hydrogen) atoms. The Morgan fingerprint density at radius 1 is 1.50 bits per heavy atom. The van der Waals surface area contributed by atoms with Gasteiger partial charge in [-0.3, -0.25) is 0 Å². The average Bonchev–Trinajstić information content (AvgIpc) is 2.28. The Morgan fingerprint density at radius 2 is 2.11 bits per heavy atom. The molecule has 0 aliphatic heterocycles. The molecule has 1 rings (SSSR count). The van der Waals surface area contributed by atoms with Gasteiger partial charge >= 0.3 is 0 Å². The Kier molecular flexibility index (Phi) is 4.46. The van der Waals surface area contributed by atoms with Gasteiger partial charge in [0.1, 0.15) is 5.82 Å². The van der Waals surface area contributed by atoms with Crippen LogP contribution in [-0.4, -0.2) is 23.5 Å². The van der Waals surface area contributed by atoms with Gasteiger partial charge in [-0.1, -0.05) is 6.92 Å². The van der Waals surface area contributed by atoms with Crippen molar-refractivity contribution in [3.05, 3.63) is 28.6 Å². The summed E-state index contributed by atoms with van der Waals surface area (Å²) in [7, 11) is 0. The van der Waals surface area contributed by atoms with Crippen LogP contribution >= 0.6 is 0 Å². The minimum atomic E-state index is -0.883. The number of hydrogen-bond donors (Lipinski definition) is 3. The monoisotopic (exact) mass is 252 g/mol. The van der Waals surface area contributed by atoms with Gasteiger partial charge in [-0.15, -0.1) is 0 Å². The zero-order chi connectivity index (χ0) is 13.9. The molecular formula is C14H21FN2O. The summed E-state index contributed by atoms with van der Waals surface area (Å²) in [5, 5.41) is 20.2. The lowest BCUT2D eigenvalue weighted by Crippen LogP contribution is -2.30. The van der Waals surface area contributed by atoms with Gasteiger partial charge in [-0.25, -0.2) is 4.39 Å². The Morgan fingerprint density at radius 3 is 2.56 bits per heavy atom. The molecule has 1 aromatic rings. The number of halogens is 1. The third-order valence-electron chi connectivity index (χ3n) is 2.78. The number of benzene rings is 1. The van der Waals surface area contributed by atoms with Gasteiger partial charge in [0.2, 0.25) is 0 Å². The second-order valence-corrected chi connectivity index (χ2v) is 5.11. The van der Waals surface area contributed by atoms with Crippen molar-refractivity contribution in [1.82, 2.24) is 0 Å². The summed E-state index contributed by atoms with van der Waals surface area (Å²) in [6.45, 7) is 7.24. The molecule has 3 N–H and O–H groups in total. The van der Waals surface area contributed by atoms with E-state index in [-0.39, 0.29) is 5.82 Å². The van der Waals surface area contributed by atoms with E-state index < -0.39 is 5.60 Å². The normalized spacial score (nSPS) is 11.4. The fourth-order valence-corrected chi connectivity index (χ4v) is 1.85. The van der Waals surface area contributed by atoms with Crippen LogP contribution in [0, 0.1) is 18.2 Å². The molecule has 0 radical (unpaired) electrons. The third-order valence-corrected chi connectivity index (χ3v) is 2.78. The van der Waals surface area contributed by atoms with Gasteiger partial charge in [0.05, 0.1) is 5.60 Å². The van der Waals surface area contributed by atoms with Crippen LogP contribution in [0.4, 0.5) is 10.1 Å². The second kappa shape index (κ2) is 5.48. The average molecular weight is 252 g/mol. The van der Waals surface area contributed by atoms with Crippen LogP contribution in [0.15, 0.2) is 6.07 Å². The van der Waals surface area contributed by atoms with Crippen molar-refractivity contribution in [3.8, 4) is 0 Å². The minimum Gasteiger partial charge on any atom is -0.389 e. The molecule has 0 aromatic heterocycles. The van der Waals surface area contributed by atoms with Crippen LogP contribution < -0.4 is 5.32 Å². The van der Waals surface area contributed by atoms with Crippen LogP contribution in [0.2, 0.25) is 0 Å². The van der Waals surface area contributed by atoms with Crippen LogP contribution in [0.5, 0.6) is 0 Å². The molecule has 0 atom stereocenters. The number of aliphatic hydroxyl groups is 1. The predicted molar refractivity (Wildman–Crippen MR) is 73.2 cm³/mol. The highest BCUT2D eigenvalue weighted by molar-refractivity contribution is 5.87. The maximum atomic E-state index is 14.0. The summed E-state index contributed by atoms with van der Waals surface area (Å²) in [5.41, 5.74) is 1.48. The van der Waals surface area contributed by atoms with Crippen molar-refractivity contribution < 1.29 is 9.50 Å². The lowest BCUT2D eigenvalue weighted by atomic mass is 10.00. The van der Waals surface area contributed by atoms with Gasteiger partial charge in [-0.2, -0.15) is 0 Å². The third kappa shape index (κ3) is 3.29. The van der Waals surface area contributed by atoms with Crippen molar-refractivity contribution in [3.63, 3.8) is 0 Å². The van der Waals surface area contributed by atoms with Crippen LogP contribution in [0.1, 0.15) is 37.5 Å². The summed E-state index contributed by atoms with van der Waals surface area (Å²) >= 11 is 0. The van der Waals surface area contributed by atoms with E-state index in [0.717, 1.165) is 0 Å². The Bertz CT molecular complexity index is 450. The molecule has 0 aliphatic rings. The summed E-state index contributed by atoms with van der Waals surface area (Å²) in [6, 6.07) is 1.65. The predicted octanol–water partition coefficient (Wildman–Crippen LogP) is 2.88. The summed E-state index contributed by atoms with van der Waals surface area (Å²) < 4.78 is 14.0. The van der Waals surface area contributed by atoms with E-state index in [1.807, 2.05) is 6.92 Å². The van der Waals surface area contributed by atoms with Crippen molar-refractivity contribution in [2.45, 2.75) is 39.7 Å². The highest BCUT2D eigenvalue weighted by Gasteiger charge is 2.17. The summed E-state index contributed by atoms with van der Waals surface area (Å²) in [6.07, 6.45) is 1.75. The molecule has 0 saturated carbocycles. The minimum absolute atomic E-state index is 0.235. The van der Waals surface area contributed by atoms with E-state index >= 15 is 0 Å². The van der Waals surface area contributed by atoms with Gasteiger partial charge < -0.3 is 15.8 Å². The molecule has 0 heterocycles. The molecule has 0 aliphatic carbocycles. The second-order valence-electron chi connectivity index (χ2n) is 5.11. The molecule has 100 valence electrons. The van der Waals surface area contributed by atoms with Crippen molar-refractivity contribution in [2.24, 2.45) is 0 Å². The molecule has 0 fully saturated rings. The van der Waals surface area contributed by atoms with Crippen molar-refractivity contribution in [2.75, 3.05) is 11.9 Å². The lowest BCUT2D eigenvalue weighted by Gasteiger charge is -2.22. The fraction of sp³-hybridized carbons (Fsp3) is 0.500. The molecule has 0 saturated heterocycles. The van der Waals surface area contributed by atoms with Crippen molar-refractivity contribution >= 4 is 11.9 Å². The Labute approximate surface area is 108 Å². The topological polar surface area (TPSA) is 56.1 Å². The van der Waals surface area contributed by atoms with Crippen LogP contribution in [0.25, 0.3) is 0 Å². The van der Waals surface area contributed by atoms with E-state index in [9.17, 15) is 9.50 Å².